The van der Waals surface area contributed by atoms with Gasteiger partial charge in [0, 0.05) is 13.1 Å². The third-order valence-electron chi connectivity index (χ3n) is 3.47. The fourth-order valence-electron chi connectivity index (χ4n) is 2.58. The van der Waals surface area contributed by atoms with Crippen molar-refractivity contribution in [3.8, 4) is 0 Å². The predicted molar refractivity (Wildman–Crippen MR) is 86.0 cm³/mol. The zero-order chi connectivity index (χ0) is 15.7. The molecule has 0 aliphatic carbocycles. The second-order valence-electron chi connectivity index (χ2n) is 5.52. The van der Waals surface area contributed by atoms with Crippen LogP contribution in [-0.4, -0.2) is 41.3 Å². The van der Waals surface area contributed by atoms with E-state index in [1.165, 1.54) is 23.9 Å². The van der Waals surface area contributed by atoms with Crippen LogP contribution in [0.5, 0.6) is 0 Å². The van der Waals surface area contributed by atoms with Crippen molar-refractivity contribution in [2.24, 2.45) is 4.99 Å². The molecule has 2 unspecified atom stereocenters. The highest BCUT2D eigenvalue weighted by Crippen LogP contribution is 2.31. The molecule has 1 aromatic carbocycles. The molecule has 2 heterocycles. The van der Waals surface area contributed by atoms with Crippen molar-refractivity contribution >= 4 is 28.9 Å². The van der Waals surface area contributed by atoms with Gasteiger partial charge in [0.2, 0.25) is 0 Å². The Morgan fingerprint density at radius 3 is 2.55 bits per heavy atom. The lowest BCUT2D eigenvalue weighted by Crippen LogP contribution is -2.47. The van der Waals surface area contributed by atoms with Gasteiger partial charge in [-0.3, -0.25) is 4.79 Å². The topological polar surface area (TPSA) is 41.9 Å². The Labute approximate surface area is 133 Å². The quantitative estimate of drug-likeness (QED) is 0.746. The number of hydrogen-bond donors (Lipinski definition) is 0. The molecule has 0 aromatic heterocycles. The van der Waals surface area contributed by atoms with Gasteiger partial charge in [0.1, 0.15) is 5.82 Å². The number of aliphatic imine (C=N–C) groups is 1. The van der Waals surface area contributed by atoms with Crippen LogP contribution in [0.25, 0.3) is 6.08 Å². The number of carbonyl (C=O) groups excluding carboxylic acids is 1. The highest BCUT2D eigenvalue weighted by atomic mass is 32.2. The molecular formula is C16H17FN2O2S. The fourth-order valence-corrected chi connectivity index (χ4v) is 3.51. The Morgan fingerprint density at radius 2 is 1.91 bits per heavy atom. The number of thioether (sulfide) groups is 1. The van der Waals surface area contributed by atoms with E-state index in [1.807, 2.05) is 13.8 Å². The molecular weight excluding hydrogens is 303 g/mol. The van der Waals surface area contributed by atoms with E-state index < -0.39 is 0 Å². The number of rotatable bonds is 1. The van der Waals surface area contributed by atoms with Gasteiger partial charge in [-0.2, -0.15) is 4.99 Å². The van der Waals surface area contributed by atoms with Gasteiger partial charge in [0.25, 0.3) is 5.91 Å². The first-order valence-electron chi connectivity index (χ1n) is 7.20. The number of nitrogens with zero attached hydrogens (tertiary/aromatic N) is 2. The normalized spacial score (nSPS) is 27.4. The van der Waals surface area contributed by atoms with E-state index in [2.05, 4.69) is 9.89 Å². The number of amides is 1. The van der Waals surface area contributed by atoms with Crippen molar-refractivity contribution in [1.29, 1.82) is 0 Å². The smallest absolute Gasteiger partial charge is 0.286 e. The van der Waals surface area contributed by atoms with Crippen molar-refractivity contribution in [3.05, 3.63) is 40.6 Å². The lowest BCUT2D eigenvalue weighted by molar-refractivity contribution is -0.113. The lowest BCUT2D eigenvalue weighted by Gasteiger charge is -2.35. The van der Waals surface area contributed by atoms with Gasteiger partial charge in [0.15, 0.2) is 5.17 Å². The molecule has 6 heteroatoms. The summed E-state index contributed by atoms with van der Waals surface area (Å²) in [6.07, 6.45) is 1.98. The van der Waals surface area contributed by atoms with Gasteiger partial charge in [-0.05, 0) is 49.4 Å². The Hall–Kier alpha value is -1.66. The number of carbonyl (C=O) groups is 1. The largest absolute Gasteiger partial charge is 0.372 e. The zero-order valence-corrected chi connectivity index (χ0v) is 13.3. The van der Waals surface area contributed by atoms with Crippen LogP contribution in [0.3, 0.4) is 0 Å². The molecule has 0 radical (unpaired) electrons. The van der Waals surface area contributed by atoms with Crippen LogP contribution in [0, 0.1) is 5.82 Å². The summed E-state index contributed by atoms with van der Waals surface area (Å²) in [5.41, 5.74) is 0.789. The van der Waals surface area contributed by atoms with Crippen LogP contribution in [0.15, 0.2) is 34.2 Å². The average Bonchev–Trinajstić information content (AvgIpc) is 2.82. The third-order valence-corrected chi connectivity index (χ3v) is 4.51. The highest BCUT2D eigenvalue weighted by molar-refractivity contribution is 8.18. The molecule has 3 rings (SSSR count). The molecule has 1 amide bonds. The molecule has 0 saturated carbocycles. The molecule has 2 aliphatic rings. The van der Waals surface area contributed by atoms with E-state index in [4.69, 9.17) is 4.74 Å². The molecule has 1 aromatic rings. The van der Waals surface area contributed by atoms with Crippen molar-refractivity contribution in [3.63, 3.8) is 0 Å². The number of benzene rings is 1. The molecule has 1 saturated heterocycles. The van der Waals surface area contributed by atoms with E-state index in [9.17, 15) is 9.18 Å². The van der Waals surface area contributed by atoms with Gasteiger partial charge in [-0.1, -0.05) is 12.1 Å². The number of amidine groups is 1. The molecule has 2 atom stereocenters. The van der Waals surface area contributed by atoms with Gasteiger partial charge < -0.3 is 9.64 Å². The summed E-state index contributed by atoms with van der Waals surface area (Å²) in [6, 6.07) is 6.05. The minimum atomic E-state index is -0.291. The van der Waals surface area contributed by atoms with E-state index in [1.54, 1.807) is 18.2 Å². The maximum atomic E-state index is 12.9. The minimum Gasteiger partial charge on any atom is -0.372 e. The summed E-state index contributed by atoms with van der Waals surface area (Å²) in [7, 11) is 0. The predicted octanol–water partition coefficient (Wildman–Crippen LogP) is 2.91. The number of ether oxygens (including phenoxy) is 1. The SMILES string of the molecule is CC1CN(C2=NC(=O)C(=Cc3ccc(F)cc3)S2)CC(C)O1. The minimum absolute atomic E-state index is 0.118. The van der Waals surface area contributed by atoms with E-state index >= 15 is 0 Å². The highest BCUT2D eigenvalue weighted by Gasteiger charge is 2.30. The molecule has 2 aliphatic heterocycles. The van der Waals surface area contributed by atoms with Crippen LogP contribution in [-0.2, 0) is 9.53 Å². The van der Waals surface area contributed by atoms with Crippen molar-refractivity contribution < 1.29 is 13.9 Å². The van der Waals surface area contributed by atoms with Gasteiger partial charge >= 0.3 is 0 Å². The zero-order valence-electron chi connectivity index (χ0n) is 12.5. The summed E-state index contributed by atoms with van der Waals surface area (Å²) < 4.78 is 18.6. The third kappa shape index (κ3) is 3.39. The number of hydrogen-bond acceptors (Lipinski definition) is 4. The number of morpholine rings is 1. The Balaban J connectivity index is 1.74. The maximum Gasteiger partial charge on any atom is 0.286 e. The summed E-state index contributed by atoms with van der Waals surface area (Å²) in [5, 5.41) is 0.723. The van der Waals surface area contributed by atoms with Gasteiger partial charge in [-0.15, -0.1) is 0 Å². The number of halogens is 1. The first-order valence-corrected chi connectivity index (χ1v) is 8.01. The van der Waals surface area contributed by atoms with Crippen molar-refractivity contribution in [2.45, 2.75) is 26.1 Å². The lowest BCUT2D eigenvalue weighted by atomic mass is 10.2. The maximum absolute atomic E-state index is 12.9. The van der Waals surface area contributed by atoms with Crippen LogP contribution >= 0.6 is 11.8 Å². The first-order chi connectivity index (χ1) is 10.5. The Kier molecular flexibility index (Phi) is 4.31. The average molecular weight is 320 g/mol. The van der Waals surface area contributed by atoms with Crippen LogP contribution in [0.1, 0.15) is 19.4 Å². The van der Waals surface area contributed by atoms with Crippen LogP contribution in [0.2, 0.25) is 0 Å². The summed E-state index contributed by atoms with van der Waals surface area (Å²) >= 11 is 1.37. The van der Waals surface area contributed by atoms with Crippen molar-refractivity contribution in [1.82, 2.24) is 4.90 Å². The molecule has 0 spiro atoms. The second kappa shape index (κ2) is 6.22. The molecule has 4 nitrogen and oxygen atoms in total. The van der Waals surface area contributed by atoms with Crippen LogP contribution < -0.4 is 0 Å². The molecule has 116 valence electrons. The fraction of sp³-hybridized carbons (Fsp3) is 0.375. The van der Waals surface area contributed by atoms with Gasteiger partial charge in [-0.25, -0.2) is 4.39 Å². The molecule has 1 fully saturated rings. The summed E-state index contributed by atoms with van der Waals surface area (Å²) in [5.74, 6) is -0.531. The van der Waals surface area contributed by atoms with Gasteiger partial charge in [0.05, 0.1) is 17.1 Å². The molecule has 0 bridgehead atoms. The molecule has 0 N–H and O–H groups in total. The van der Waals surface area contributed by atoms with E-state index in [-0.39, 0.29) is 23.9 Å². The second-order valence-corrected chi connectivity index (χ2v) is 6.53. The molecule has 22 heavy (non-hydrogen) atoms. The Morgan fingerprint density at radius 1 is 1.27 bits per heavy atom. The monoisotopic (exact) mass is 320 g/mol. The first kappa shape index (κ1) is 15.2. The van der Waals surface area contributed by atoms with E-state index in [0.717, 1.165) is 23.8 Å². The van der Waals surface area contributed by atoms with E-state index in [0.29, 0.717) is 4.91 Å². The summed E-state index contributed by atoms with van der Waals surface area (Å²) in [6.45, 7) is 5.49. The standard InChI is InChI=1S/C16H17FN2O2S/c1-10-8-19(9-11(2)21-10)16-18-15(20)14(22-16)7-12-3-5-13(17)6-4-12/h3-7,10-11H,8-9H2,1-2H3. The van der Waals surface area contributed by atoms with Crippen LogP contribution in [0.4, 0.5) is 4.39 Å². The van der Waals surface area contributed by atoms with Crippen molar-refractivity contribution in [2.75, 3.05) is 13.1 Å². The Bertz CT molecular complexity index is 632. The summed E-state index contributed by atoms with van der Waals surface area (Å²) in [4.78, 5) is 18.9.